The second-order valence-corrected chi connectivity index (χ2v) is 6.14. The maximum Gasteiger partial charge on any atom is 0.454 e. The number of ether oxygens (including phenoxy) is 2. The number of rotatable bonds is 6. The summed E-state index contributed by atoms with van der Waals surface area (Å²) in [5, 5.41) is 10.3. The van der Waals surface area contributed by atoms with Crippen molar-refractivity contribution in [3.8, 4) is 22.1 Å². The average Bonchev–Trinajstić information content (AvgIpc) is 3.21. The van der Waals surface area contributed by atoms with Crippen LogP contribution in [0.1, 0.15) is 25.1 Å². The fourth-order valence-corrected chi connectivity index (χ4v) is 3.18. The molecule has 0 amide bonds. The quantitative estimate of drug-likeness (QED) is 0.819. The van der Waals surface area contributed by atoms with E-state index in [1.165, 1.54) is 11.5 Å². The van der Waals surface area contributed by atoms with Crippen LogP contribution in [0.2, 0.25) is 6.32 Å². The second kappa shape index (κ2) is 7.29. The van der Waals surface area contributed by atoms with Gasteiger partial charge in [0, 0.05) is 18.1 Å². The van der Waals surface area contributed by atoms with E-state index in [0.717, 1.165) is 22.8 Å². The van der Waals surface area contributed by atoms with Crippen molar-refractivity contribution in [3.63, 3.8) is 0 Å². The highest BCUT2D eigenvalue weighted by Crippen LogP contribution is 2.35. The maximum atomic E-state index is 9.46. The Hall–Kier alpha value is -1.64. The van der Waals surface area contributed by atoms with Crippen LogP contribution in [0, 0.1) is 0 Å². The number of nitrogens with zero attached hydrogens (tertiary/aromatic N) is 2. The van der Waals surface area contributed by atoms with Gasteiger partial charge in [-0.2, -0.15) is 4.37 Å². The lowest BCUT2D eigenvalue weighted by Gasteiger charge is -2.10. The lowest BCUT2D eigenvalue weighted by molar-refractivity contribution is 0.290. The molecule has 1 aromatic carbocycles. The van der Waals surface area contributed by atoms with Crippen LogP contribution in [-0.2, 0) is 4.65 Å². The molecule has 1 saturated heterocycles. The van der Waals surface area contributed by atoms with Crippen LogP contribution in [0.25, 0.3) is 10.6 Å². The first-order valence-corrected chi connectivity index (χ1v) is 8.43. The van der Waals surface area contributed by atoms with Crippen molar-refractivity contribution >= 4 is 18.7 Å². The van der Waals surface area contributed by atoms with E-state index in [9.17, 15) is 5.02 Å². The van der Waals surface area contributed by atoms with Gasteiger partial charge >= 0.3 is 7.12 Å². The van der Waals surface area contributed by atoms with Crippen LogP contribution in [0.4, 0.5) is 0 Å². The van der Waals surface area contributed by atoms with Crippen LogP contribution < -0.4 is 9.47 Å². The Morgan fingerprint density at radius 3 is 3.00 bits per heavy atom. The molecule has 0 saturated carbocycles. The Morgan fingerprint density at radius 1 is 1.43 bits per heavy atom. The molecule has 1 aromatic heterocycles. The van der Waals surface area contributed by atoms with Gasteiger partial charge in [-0.1, -0.05) is 6.92 Å². The minimum Gasteiger partial charge on any atom is -0.493 e. The molecule has 0 aliphatic carbocycles. The van der Waals surface area contributed by atoms with Gasteiger partial charge in [0.2, 0.25) is 0 Å². The first-order valence-electron chi connectivity index (χ1n) is 7.65. The zero-order valence-electron chi connectivity index (χ0n) is 13.2. The van der Waals surface area contributed by atoms with Crippen molar-refractivity contribution in [3.05, 3.63) is 24.0 Å². The average molecular weight is 334 g/mol. The molecular formula is C15H19BN2O4S. The molecule has 3 rings (SSSR count). The number of benzene rings is 1. The van der Waals surface area contributed by atoms with E-state index >= 15 is 0 Å². The largest absolute Gasteiger partial charge is 0.493 e. The van der Waals surface area contributed by atoms with Gasteiger partial charge in [-0.05, 0) is 42.5 Å². The predicted octanol–water partition coefficient (Wildman–Crippen LogP) is 2.60. The molecule has 1 atom stereocenters. The number of methoxy groups -OCH3 is 1. The van der Waals surface area contributed by atoms with Crippen molar-refractivity contribution in [2.75, 3.05) is 20.3 Å². The molecule has 1 N–H and O–H groups in total. The highest BCUT2D eigenvalue weighted by Gasteiger charge is 2.32. The maximum absolute atomic E-state index is 9.46. The lowest BCUT2D eigenvalue weighted by Crippen LogP contribution is -2.07. The smallest absolute Gasteiger partial charge is 0.454 e. The summed E-state index contributed by atoms with van der Waals surface area (Å²) < 4.78 is 20.7. The van der Waals surface area contributed by atoms with Gasteiger partial charge in [0.25, 0.3) is 0 Å². The summed E-state index contributed by atoms with van der Waals surface area (Å²) in [5.74, 6) is 2.21. The van der Waals surface area contributed by atoms with E-state index in [1.807, 2.05) is 18.2 Å². The van der Waals surface area contributed by atoms with Crippen molar-refractivity contribution in [1.29, 1.82) is 0 Å². The molecule has 0 spiro atoms. The standard InChI is InChI=1S/C15H19BN2O4S/c1-3-6-21-13-7-10(4-5-12(13)20-2)15-17-14(18-23-15)11-8-16(19)22-9-11/h4-5,7,11,19H,3,6,8-9H2,1-2H3/t11-/m0/s1. The SMILES string of the molecule is CCCOc1cc(-c2nc([C@@H]3COB(O)C3)ns2)ccc1OC. The molecule has 2 heterocycles. The van der Waals surface area contributed by atoms with Crippen LogP contribution in [0.5, 0.6) is 11.5 Å². The molecule has 0 radical (unpaired) electrons. The van der Waals surface area contributed by atoms with Gasteiger partial charge < -0.3 is 19.2 Å². The third kappa shape index (κ3) is 3.65. The van der Waals surface area contributed by atoms with E-state index in [4.69, 9.17) is 14.1 Å². The summed E-state index contributed by atoms with van der Waals surface area (Å²) >= 11 is 1.34. The highest BCUT2D eigenvalue weighted by molar-refractivity contribution is 7.09. The molecule has 0 unspecified atom stereocenters. The Bertz CT molecular complexity index is 667. The Kier molecular flexibility index (Phi) is 5.14. The van der Waals surface area contributed by atoms with Crippen LogP contribution in [-0.4, -0.2) is 41.8 Å². The lowest BCUT2D eigenvalue weighted by atomic mass is 9.82. The minimum absolute atomic E-state index is 0.0593. The van der Waals surface area contributed by atoms with E-state index in [1.54, 1.807) is 7.11 Å². The Balaban J connectivity index is 1.82. The van der Waals surface area contributed by atoms with Gasteiger partial charge in [0.15, 0.2) is 11.5 Å². The summed E-state index contributed by atoms with van der Waals surface area (Å²) in [6, 6.07) is 5.75. The van der Waals surface area contributed by atoms with Crippen LogP contribution in [0.3, 0.4) is 0 Å². The van der Waals surface area contributed by atoms with Crippen molar-refractivity contribution in [2.24, 2.45) is 0 Å². The summed E-state index contributed by atoms with van der Waals surface area (Å²) in [5.41, 5.74) is 0.945. The molecule has 2 aromatic rings. The second-order valence-electron chi connectivity index (χ2n) is 5.39. The topological polar surface area (TPSA) is 73.7 Å². The molecule has 23 heavy (non-hydrogen) atoms. The van der Waals surface area contributed by atoms with Crippen molar-refractivity contribution in [1.82, 2.24) is 9.36 Å². The first kappa shape index (κ1) is 16.2. The summed E-state index contributed by atoms with van der Waals surface area (Å²) in [4.78, 5) is 4.59. The molecule has 1 fully saturated rings. The summed E-state index contributed by atoms with van der Waals surface area (Å²) in [6.45, 7) is 3.16. The van der Waals surface area contributed by atoms with Crippen LogP contribution >= 0.6 is 11.5 Å². The third-order valence-electron chi connectivity index (χ3n) is 3.66. The molecule has 8 heteroatoms. The fraction of sp³-hybridized carbons (Fsp3) is 0.467. The molecule has 122 valence electrons. The number of hydrogen-bond donors (Lipinski definition) is 1. The zero-order valence-corrected chi connectivity index (χ0v) is 14.0. The zero-order chi connectivity index (χ0) is 16.2. The molecule has 1 aliphatic rings. The van der Waals surface area contributed by atoms with Crippen LogP contribution in [0.15, 0.2) is 18.2 Å². The van der Waals surface area contributed by atoms with E-state index in [2.05, 4.69) is 16.3 Å². The first-order chi connectivity index (χ1) is 11.2. The van der Waals surface area contributed by atoms with E-state index in [-0.39, 0.29) is 5.92 Å². The Morgan fingerprint density at radius 2 is 2.30 bits per heavy atom. The molecule has 0 bridgehead atoms. The minimum atomic E-state index is -0.706. The summed E-state index contributed by atoms with van der Waals surface area (Å²) in [6.07, 6.45) is 1.48. The fourth-order valence-electron chi connectivity index (χ4n) is 2.44. The number of aromatic nitrogens is 2. The van der Waals surface area contributed by atoms with E-state index in [0.29, 0.717) is 31.0 Å². The number of hydrogen-bond acceptors (Lipinski definition) is 7. The van der Waals surface area contributed by atoms with Crippen molar-refractivity contribution in [2.45, 2.75) is 25.6 Å². The van der Waals surface area contributed by atoms with Gasteiger partial charge in [-0.15, -0.1) is 0 Å². The van der Waals surface area contributed by atoms with Crippen molar-refractivity contribution < 1.29 is 19.2 Å². The summed E-state index contributed by atoms with van der Waals surface area (Å²) in [7, 11) is 0.921. The third-order valence-corrected chi connectivity index (χ3v) is 4.43. The van der Waals surface area contributed by atoms with Gasteiger partial charge in [-0.3, -0.25) is 0 Å². The van der Waals surface area contributed by atoms with Gasteiger partial charge in [-0.25, -0.2) is 4.98 Å². The highest BCUT2D eigenvalue weighted by atomic mass is 32.1. The molecule has 1 aliphatic heterocycles. The van der Waals surface area contributed by atoms with E-state index < -0.39 is 7.12 Å². The predicted molar refractivity (Wildman–Crippen MR) is 89.2 cm³/mol. The monoisotopic (exact) mass is 334 g/mol. The molecular weight excluding hydrogens is 315 g/mol. The normalized spacial score (nSPS) is 17.5. The molecule has 6 nitrogen and oxygen atoms in total. The van der Waals surface area contributed by atoms with Gasteiger partial charge in [0.1, 0.15) is 10.8 Å². The van der Waals surface area contributed by atoms with Gasteiger partial charge in [0.05, 0.1) is 13.7 Å². The Labute approximate surface area is 139 Å².